The number of fused-ring (bicyclic) bond motifs is 1. The van der Waals surface area contributed by atoms with Crippen molar-refractivity contribution < 1.29 is 37.9 Å². The van der Waals surface area contributed by atoms with Gasteiger partial charge >= 0.3 is 12.1 Å². The van der Waals surface area contributed by atoms with Crippen molar-refractivity contribution in [2.75, 3.05) is 11.5 Å². The lowest BCUT2D eigenvalue weighted by Gasteiger charge is -2.50. The number of nitrogens with two attached hydrogens (primary N) is 2. The number of aliphatic carboxylic acids is 1. The van der Waals surface area contributed by atoms with Crippen LogP contribution in [0.2, 0.25) is 0 Å². The number of nitrogens with one attached hydrogen (secondary N) is 1. The molecule has 0 aromatic carbocycles. The van der Waals surface area contributed by atoms with Gasteiger partial charge < -0.3 is 27.1 Å². The van der Waals surface area contributed by atoms with Crippen LogP contribution in [0.4, 0.5) is 24.1 Å². The van der Waals surface area contributed by atoms with Crippen LogP contribution in [-0.2, 0) is 20.6 Å². The summed E-state index contributed by atoms with van der Waals surface area (Å²) in [6, 6.07) is -1.14. The van der Waals surface area contributed by atoms with Gasteiger partial charge in [0.25, 0.3) is 11.8 Å². The highest BCUT2D eigenvalue weighted by atomic mass is 32.2. The number of alkyl halides is 3. The van der Waals surface area contributed by atoms with Gasteiger partial charge in [-0.3, -0.25) is 14.5 Å². The van der Waals surface area contributed by atoms with E-state index in [-0.39, 0.29) is 33.6 Å². The maximum atomic E-state index is 13.2. The second-order valence-corrected chi connectivity index (χ2v) is 9.40. The molecular formula is C18H15F3N8O5S2. The number of carbonyl (C=O) groups excluding carboxylic acids is 2. The summed E-state index contributed by atoms with van der Waals surface area (Å²) in [4.78, 5) is 45.7. The molecule has 7 N–H and O–H groups in total. The minimum atomic E-state index is -4.76. The molecule has 2 aliphatic heterocycles. The molecule has 0 radical (unpaired) electrons. The Morgan fingerprint density at radius 3 is 2.64 bits per heavy atom. The van der Waals surface area contributed by atoms with Crippen molar-refractivity contribution in [3.8, 4) is 0 Å². The van der Waals surface area contributed by atoms with Gasteiger partial charge in [0.1, 0.15) is 17.6 Å². The van der Waals surface area contributed by atoms with Crippen LogP contribution in [0.5, 0.6) is 0 Å². The zero-order valence-electron chi connectivity index (χ0n) is 17.7. The fourth-order valence-electron chi connectivity index (χ4n) is 3.74. The van der Waals surface area contributed by atoms with E-state index >= 15 is 0 Å². The average Bonchev–Trinajstić information content (AvgIpc) is 3.23. The smallest absolute Gasteiger partial charge is 0.419 e. The molecule has 4 rings (SSSR count). The maximum Gasteiger partial charge on any atom is 0.419 e. The number of amides is 2. The first-order chi connectivity index (χ1) is 16.9. The van der Waals surface area contributed by atoms with Gasteiger partial charge in [0.2, 0.25) is 11.5 Å². The number of anilines is 2. The van der Waals surface area contributed by atoms with Crippen LogP contribution in [0.1, 0.15) is 24.2 Å². The molecule has 1 fully saturated rings. The monoisotopic (exact) mass is 544 g/mol. The Kier molecular flexibility index (Phi) is 6.48. The van der Waals surface area contributed by atoms with Gasteiger partial charge in [0.15, 0.2) is 5.13 Å². The number of carboxylic acids is 1. The van der Waals surface area contributed by atoms with E-state index in [0.29, 0.717) is 0 Å². The minimum absolute atomic E-state index is 0.0112. The fraction of sp³-hybridized carbons (Fsp3) is 0.278. The highest BCUT2D eigenvalue weighted by Gasteiger charge is 2.54. The highest BCUT2D eigenvalue weighted by Crippen LogP contribution is 2.44. The summed E-state index contributed by atoms with van der Waals surface area (Å²) in [5.41, 5.74) is 8.59. The lowest BCUT2D eigenvalue weighted by Crippen LogP contribution is -2.72. The SMILES string of the molecule is Nc1nc(/C(=N/O)C(=O)N[C@@H]2C(=O)N3C(C(=O)O)=C(Sc4cnc(N)c(C(F)(F)F)c4)CC[C@H]23)ns1. The normalized spacial score (nSPS) is 20.1. The summed E-state index contributed by atoms with van der Waals surface area (Å²) in [5, 5.41) is 24.2. The molecule has 2 aromatic heterocycles. The fourth-order valence-corrected chi connectivity index (χ4v) is 5.25. The molecule has 4 heterocycles. The second-order valence-electron chi connectivity index (χ2n) is 7.45. The summed E-state index contributed by atoms with van der Waals surface area (Å²) in [7, 11) is 0. The number of halogens is 3. The molecule has 2 aliphatic rings. The lowest BCUT2D eigenvalue weighted by atomic mass is 9.86. The molecule has 0 bridgehead atoms. The largest absolute Gasteiger partial charge is 0.477 e. The molecule has 0 aliphatic carbocycles. The summed E-state index contributed by atoms with van der Waals surface area (Å²) in [6.07, 6.45) is -3.41. The maximum absolute atomic E-state index is 13.2. The van der Waals surface area contributed by atoms with E-state index < -0.39 is 58.8 Å². The third-order valence-electron chi connectivity index (χ3n) is 5.29. The Bertz CT molecular complexity index is 1330. The van der Waals surface area contributed by atoms with Crippen LogP contribution in [0, 0.1) is 0 Å². The molecule has 0 unspecified atom stereocenters. The zero-order chi connectivity index (χ0) is 26.4. The Morgan fingerprint density at radius 2 is 2.06 bits per heavy atom. The van der Waals surface area contributed by atoms with Crippen LogP contribution in [0.25, 0.3) is 0 Å². The van der Waals surface area contributed by atoms with E-state index in [1.165, 1.54) is 0 Å². The Labute approximate surface area is 207 Å². The third-order valence-corrected chi connectivity index (χ3v) is 6.94. The molecule has 2 amide bonds. The Balaban J connectivity index is 1.55. The Hall–Kier alpha value is -3.93. The zero-order valence-corrected chi connectivity index (χ0v) is 19.3. The number of hydrogen-bond donors (Lipinski definition) is 5. The van der Waals surface area contributed by atoms with Gasteiger partial charge in [0, 0.05) is 27.5 Å². The molecule has 2 atom stereocenters. The number of carboxylic acid groups (broad SMARTS) is 1. The first kappa shape index (κ1) is 25.2. The van der Waals surface area contributed by atoms with Gasteiger partial charge in [-0.2, -0.15) is 22.5 Å². The highest BCUT2D eigenvalue weighted by molar-refractivity contribution is 8.03. The van der Waals surface area contributed by atoms with Crippen LogP contribution < -0.4 is 16.8 Å². The summed E-state index contributed by atoms with van der Waals surface area (Å²) in [5.74, 6) is -4.20. The van der Waals surface area contributed by atoms with Crippen molar-refractivity contribution in [3.63, 3.8) is 0 Å². The van der Waals surface area contributed by atoms with Gasteiger partial charge in [-0.15, -0.1) is 0 Å². The van der Waals surface area contributed by atoms with Gasteiger partial charge in [-0.25, -0.2) is 9.78 Å². The second kappa shape index (κ2) is 9.26. The number of rotatable bonds is 6. The quantitative estimate of drug-likeness (QED) is 0.149. The number of β-lactam (4-membered cyclic amide) rings is 1. The number of oxime groups is 1. The molecule has 18 heteroatoms. The predicted molar refractivity (Wildman–Crippen MR) is 119 cm³/mol. The molecule has 1 saturated heterocycles. The number of allylic oxidation sites excluding steroid dienone is 1. The summed E-state index contributed by atoms with van der Waals surface area (Å²) >= 11 is 1.48. The van der Waals surface area contributed by atoms with E-state index in [1.54, 1.807) is 0 Å². The van der Waals surface area contributed by atoms with Gasteiger partial charge in [0.05, 0.1) is 11.6 Å². The minimum Gasteiger partial charge on any atom is -0.477 e. The molecule has 0 saturated carbocycles. The van der Waals surface area contributed by atoms with E-state index in [4.69, 9.17) is 11.5 Å². The molecule has 190 valence electrons. The summed E-state index contributed by atoms with van der Waals surface area (Å²) in [6.45, 7) is 0. The Morgan fingerprint density at radius 1 is 1.33 bits per heavy atom. The first-order valence-electron chi connectivity index (χ1n) is 9.85. The average molecular weight is 544 g/mol. The van der Waals surface area contributed by atoms with Crippen LogP contribution in [0.15, 0.2) is 32.9 Å². The van der Waals surface area contributed by atoms with E-state index in [0.717, 1.165) is 40.5 Å². The van der Waals surface area contributed by atoms with Crippen molar-refractivity contribution in [2.45, 2.75) is 36.0 Å². The van der Waals surface area contributed by atoms with Crippen molar-refractivity contribution in [1.82, 2.24) is 24.6 Å². The number of pyridine rings is 1. The predicted octanol–water partition coefficient (Wildman–Crippen LogP) is 0.873. The third kappa shape index (κ3) is 4.51. The van der Waals surface area contributed by atoms with Crippen molar-refractivity contribution in [3.05, 3.63) is 34.3 Å². The standard InChI is InChI=1S/C18H15F3N8O5S2/c19-18(20,21)6-3-5(4-24-12(6)22)35-8-2-1-7-9(15(31)29(7)11(8)16(32)33)25-14(30)10(27-34)13-26-17(23)36-28-13/h3-4,7,9,34H,1-2H2,(H2,22,24)(H,25,30)(H,32,33)(H2,23,26,28)/b27-10-/t7-,9+/m1/s1. The number of nitrogen functional groups attached to an aromatic ring is 2. The van der Waals surface area contributed by atoms with Crippen molar-refractivity contribution in [2.24, 2.45) is 5.16 Å². The molecule has 36 heavy (non-hydrogen) atoms. The van der Waals surface area contributed by atoms with E-state index in [9.17, 15) is 37.9 Å². The number of nitrogens with zero attached hydrogens (tertiary/aromatic N) is 5. The lowest BCUT2D eigenvalue weighted by molar-refractivity contribution is -0.155. The van der Waals surface area contributed by atoms with Crippen LogP contribution in [-0.4, -0.2) is 65.1 Å². The molecule has 13 nitrogen and oxygen atoms in total. The number of carbonyl (C=O) groups is 3. The molecular weight excluding hydrogens is 529 g/mol. The van der Waals surface area contributed by atoms with Crippen molar-refractivity contribution in [1.29, 1.82) is 0 Å². The van der Waals surface area contributed by atoms with Gasteiger partial charge in [-0.05, 0) is 18.9 Å². The van der Waals surface area contributed by atoms with Crippen LogP contribution >= 0.6 is 23.3 Å². The van der Waals surface area contributed by atoms with E-state index in [2.05, 4.69) is 24.8 Å². The van der Waals surface area contributed by atoms with Crippen molar-refractivity contribution >= 4 is 57.7 Å². The molecule has 2 aromatic rings. The van der Waals surface area contributed by atoms with Gasteiger partial charge in [-0.1, -0.05) is 16.9 Å². The number of thioether (sulfide) groups is 1. The molecule has 0 spiro atoms. The first-order valence-corrected chi connectivity index (χ1v) is 11.4. The number of aromatic nitrogens is 3. The van der Waals surface area contributed by atoms with Crippen LogP contribution in [0.3, 0.4) is 0 Å². The summed E-state index contributed by atoms with van der Waals surface area (Å²) < 4.78 is 43.3. The van der Waals surface area contributed by atoms with E-state index in [1.807, 2.05) is 0 Å². The topological polar surface area (TPSA) is 210 Å². The number of hydrogen-bond acceptors (Lipinski definition) is 12.